The van der Waals surface area contributed by atoms with Crippen LogP contribution in [0.25, 0.3) is 0 Å². The topological polar surface area (TPSA) is 52.0 Å². The zero-order valence-electron chi connectivity index (χ0n) is 4.65. The minimum Gasteiger partial charge on any atom is -0.330 e. The van der Waals surface area contributed by atoms with E-state index in [9.17, 15) is 0 Å². The molecule has 2 unspecified atom stereocenters. The molecule has 1 aliphatic rings. The molecule has 4 N–H and O–H groups in total. The lowest BCUT2D eigenvalue weighted by molar-refractivity contribution is 0.654. The highest BCUT2D eigenvalue weighted by Gasteiger charge is 2.44. The molecular weight excluding hydrogens is 88.1 g/mol. The summed E-state index contributed by atoms with van der Waals surface area (Å²) in [4.78, 5) is 0. The molecule has 0 aromatic heterocycles. The highest BCUT2D eigenvalue weighted by molar-refractivity contribution is 5.04. The smallest absolute Gasteiger partial charge is 0.0170 e. The van der Waals surface area contributed by atoms with Crippen LogP contribution < -0.4 is 11.5 Å². The average molecular weight is 100 g/mol. The Bertz CT molecular complexity index is 78.1. The Morgan fingerprint density at radius 3 is 2.29 bits per heavy atom. The van der Waals surface area contributed by atoms with Gasteiger partial charge in [-0.1, -0.05) is 0 Å². The van der Waals surface area contributed by atoms with Crippen molar-refractivity contribution in [1.82, 2.24) is 0 Å². The molecule has 0 aliphatic heterocycles. The van der Waals surface area contributed by atoms with Crippen LogP contribution in [0.2, 0.25) is 0 Å². The fourth-order valence-corrected chi connectivity index (χ4v) is 0.825. The lowest BCUT2D eigenvalue weighted by Gasteiger charge is -1.96. The van der Waals surface area contributed by atoms with Gasteiger partial charge in [-0.25, -0.2) is 0 Å². The Morgan fingerprint density at radius 2 is 2.29 bits per heavy atom. The Labute approximate surface area is 43.9 Å². The van der Waals surface area contributed by atoms with Crippen molar-refractivity contribution in [3.8, 4) is 0 Å². The standard InChI is InChI=1S/C5H12N2/c1-5(7)2-4(5)3-6/h4H,2-3,6-7H2,1H3. The van der Waals surface area contributed by atoms with Gasteiger partial charge in [-0.15, -0.1) is 0 Å². The zero-order valence-corrected chi connectivity index (χ0v) is 4.65. The molecule has 1 fully saturated rings. The van der Waals surface area contributed by atoms with E-state index in [-0.39, 0.29) is 5.54 Å². The van der Waals surface area contributed by atoms with Gasteiger partial charge in [-0.3, -0.25) is 0 Å². The van der Waals surface area contributed by atoms with Gasteiger partial charge < -0.3 is 11.5 Å². The van der Waals surface area contributed by atoms with Crippen molar-refractivity contribution < 1.29 is 0 Å². The molecule has 0 aromatic rings. The first-order chi connectivity index (χ1) is 3.17. The van der Waals surface area contributed by atoms with E-state index in [0.717, 1.165) is 13.0 Å². The maximum atomic E-state index is 5.64. The van der Waals surface area contributed by atoms with Crippen molar-refractivity contribution in [1.29, 1.82) is 0 Å². The lowest BCUT2D eigenvalue weighted by atomic mass is 10.3. The van der Waals surface area contributed by atoms with Crippen LogP contribution in [0.4, 0.5) is 0 Å². The molecule has 0 saturated heterocycles. The summed E-state index contributed by atoms with van der Waals surface area (Å²) in [5, 5.41) is 0. The van der Waals surface area contributed by atoms with Crippen molar-refractivity contribution in [3.63, 3.8) is 0 Å². The van der Waals surface area contributed by atoms with Gasteiger partial charge in [0.05, 0.1) is 0 Å². The van der Waals surface area contributed by atoms with Gasteiger partial charge in [-0.2, -0.15) is 0 Å². The van der Waals surface area contributed by atoms with Gasteiger partial charge in [-0.05, 0) is 25.8 Å². The normalized spacial score (nSPS) is 49.3. The molecule has 0 spiro atoms. The van der Waals surface area contributed by atoms with Gasteiger partial charge in [0.25, 0.3) is 0 Å². The van der Waals surface area contributed by atoms with Crippen LogP contribution in [-0.2, 0) is 0 Å². The van der Waals surface area contributed by atoms with Crippen LogP contribution in [-0.4, -0.2) is 12.1 Å². The first-order valence-electron chi connectivity index (χ1n) is 2.66. The molecule has 2 nitrogen and oxygen atoms in total. The number of nitrogens with two attached hydrogens (primary N) is 2. The first kappa shape index (κ1) is 5.06. The van der Waals surface area contributed by atoms with E-state index in [1.54, 1.807) is 0 Å². The second kappa shape index (κ2) is 1.20. The lowest BCUT2D eigenvalue weighted by Crippen LogP contribution is -2.22. The van der Waals surface area contributed by atoms with Crippen LogP contribution in [0.1, 0.15) is 13.3 Å². The van der Waals surface area contributed by atoms with E-state index in [4.69, 9.17) is 11.5 Å². The Hall–Kier alpha value is -0.0800. The predicted octanol–water partition coefficient (Wildman–Crippen LogP) is -0.318. The van der Waals surface area contributed by atoms with Gasteiger partial charge in [0, 0.05) is 5.54 Å². The monoisotopic (exact) mass is 100 g/mol. The van der Waals surface area contributed by atoms with Crippen LogP contribution in [0, 0.1) is 5.92 Å². The molecule has 1 saturated carbocycles. The van der Waals surface area contributed by atoms with Gasteiger partial charge in [0.1, 0.15) is 0 Å². The maximum Gasteiger partial charge on any atom is 0.0170 e. The van der Waals surface area contributed by atoms with Gasteiger partial charge >= 0.3 is 0 Å². The number of hydrogen-bond acceptors (Lipinski definition) is 2. The molecule has 0 aromatic carbocycles. The van der Waals surface area contributed by atoms with Crippen molar-refractivity contribution in [2.24, 2.45) is 17.4 Å². The summed E-state index contributed by atoms with van der Waals surface area (Å²) in [7, 11) is 0. The molecule has 0 radical (unpaired) electrons. The largest absolute Gasteiger partial charge is 0.330 e. The molecule has 7 heavy (non-hydrogen) atoms. The minimum atomic E-state index is 0.0920. The quantitative estimate of drug-likeness (QED) is 0.474. The predicted molar refractivity (Wildman–Crippen MR) is 29.8 cm³/mol. The summed E-state index contributed by atoms with van der Waals surface area (Å²) in [6.07, 6.45) is 1.11. The number of hydrogen-bond donors (Lipinski definition) is 2. The third-order valence-corrected chi connectivity index (χ3v) is 1.74. The Balaban J connectivity index is 2.30. The fourth-order valence-electron chi connectivity index (χ4n) is 0.825. The zero-order chi connectivity index (χ0) is 5.49. The van der Waals surface area contributed by atoms with Crippen molar-refractivity contribution in [2.75, 3.05) is 6.54 Å². The minimum absolute atomic E-state index is 0.0920. The van der Waals surface area contributed by atoms with Crippen molar-refractivity contribution in [2.45, 2.75) is 18.9 Å². The SMILES string of the molecule is CC1(N)CC1CN. The molecule has 0 bridgehead atoms. The third-order valence-electron chi connectivity index (χ3n) is 1.74. The molecule has 42 valence electrons. The van der Waals surface area contributed by atoms with E-state index in [1.165, 1.54) is 0 Å². The van der Waals surface area contributed by atoms with Crippen LogP contribution >= 0.6 is 0 Å². The van der Waals surface area contributed by atoms with E-state index in [1.807, 2.05) is 6.92 Å². The van der Waals surface area contributed by atoms with E-state index in [2.05, 4.69) is 0 Å². The van der Waals surface area contributed by atoms with Crippen LogP contribution in [0.3, 0.4) is 0 Å². The molecule has 2 atom stereocenters. The van der Waals surface area contributed by atoms with Crippen molar-refractivity contribution >= 4 is 0 Å². The van der Waals surface area contributed by atoms with E-state index >= 15 is 0 Å². The van der Waals surface area contributed by atoms with Gasteiger partial charge in [0.15, 0.2) is 0 Å². The first-order valence-corrected chi connectivity index (χ1v) is 2.66. The molecule has 0 amide bonds. The molecular formula is C5H12N2. The molecule has 0 heterocycles. The van der Waals surface area contributed by atoms with Crippen molar-refractivity contribution in [3.05, 3.63) is 0 Å². The third kappa shape index (κ3) is 0.763. The summed E-state index contributed by atoms with van der Waals surface area (Å²) in [5.74, 6) is 0.604. The fraction of sp³-hybridized carbons (Fsp3) is 1.00. The van der Waals surface area contributed by atoms with E-state index in [0.29, 0.717) is 5.92 Å². The summed E-state index contributed by atoms with van der Waals surface area (Å²) in [6.45, 7) is 2.80. The molecule has 2 heteroatoms. The summed E-state index contributed by atoms with van der Waals surface area (Å²) < 4.78 is 0. The summed E-state index contributed by atoms with van der Waals surface area (Å²) in [6, 6.07) is 0. The second-order valence-corrected chi connectivity index (χ2v) is 2.64. The number of rotatable bonds is 1. The van der Waals surface area contributed by atoms with Crippen LogP contribution in [0.5, 0.6) is 0 Å². The Kier molecular flexibility index (Phi) is 0.869. The average Bonchev–Trinajstić information content (AvgIpc) is 2.13. The summed E-state index contributed by atoms with van der Waals surface area (Å²) >= 11 is 0. The van der Waals surface area contributed by atoms with Gasteiger partial charge in [0.2, 0.25) is 0 Å². The molecule has 1 rings (SSSR count). The molecule has 1 aliphatic carbocycles. The highest BCUT2D eigenvalue weighted by Crippen LogP contribution is 2.38. The second-order valence-electron chi connectivity index (χ2n) is 2.64. The maximum absolute atomic E-state index is 5.64. The van der Waals surface area contributed by atoms with E-state index < -0.39 is 0 Å². The van der Waals surface area contributed by atoms with Crippen LogP contribution in [0.15, 0.2) is 0 Å². The Morgan fingerprint density at radius 1 is 1.86 bits per heavy atom. The summed E-state index contributed by atoms with van der Waals surface area (Å²) in [5.41, 5.74) is 11.1. The highest BCUT2D eigenvalue weighted by atomic mass is 14.9.